The molecule has 3 N–H and O–H groups in total. The minimum atomic E-state index is -0.950. The van der Waals surface area contributed by atoms with Crippen molar-refractivity contribution in [2.24, 2.45) is 5.73 Å². The van der Waals surface area contributed by atoms with Gasteiger partial charge in [0.15, 0.2) is 11.6 Å². The van der Waals surface area contributed by atoms with Crippen LogP contribution in [-0.2, 0) is 6.54 Å². The highest BCUT2D eigenvalue weighted by Gasteiger charge is 2.16. The second-order valence-corrected chi connectivity index (χ2v) is 4.15. The fourth-order valence-corrected chi connectivity index (χ4v) is 1.84. The zero-order valence-electron chi connectivity index (χ0n) is 10.4. The first-order chi connectivity index (χ1) is 9.04. The van der Waals surface area contributed by atoms with E-state index in [4.69, 9.17) is 5.73 Å². The smallest absolute Gasteiger partial charge is 0.182 e. The van der Waals surface area contributed by atoms with Gasteiger partial charge in [-0.25, -0.2) is 8.78 Å². The number of phenolic OH excluding ortho intramolecular Hbond substituents is 1. The van der Waals surface area contributed by atoms with Gasteiger partial charge >= 0.3 is 0 Å². The Balaban J connectivity index is 2.45. The van der Waals surface area contributed by atoms with Gasteiger partial charge in [0.1, 0.15) is 5.75 Å². The average molecular weight is 264 g/mol. The summed E-state index contributed by atoms with van der Waals surface area (Å²) in [6.07, 6.45) is 0. The summed E-state index contributed by atoms with van der Waals surface area (Å²) in [7, 11) is 1.59. The van der Waals surface area contributed by atoms with Crippen molar-refractivity contribution in [3.8, 4) is 5.75 Å². The second kappa shape index (κ2) is 5.24. The first-order valence-electron chi connectivity index (χ1n) is 5.74. The molecule has 0 aliphatic carbocycles. The van der Waals surface area contributed by atoms with Crippen molar-refractivity contribution >= 4 is 11.4 Å². The molecule has 0 unspecified atom stereocenters. The average Bonchev–Trinajstić information content (AvgIpc) is 2.41. The van der Waals surface area contributed by atoms with E-state index in [1.165, 1.54) is 29.2 Å². The summed E-state index contributed by atoms with van der Waals surface area (Å²) in [6.45, 7) is -0.0567. The normalized spacial score (nSPS) is 10.5. The highest BCUT2D eigenvalue weighted by molar-refractivity contribution is 5.64. The predicted octanol–water partition coefficient (Wildman–Crippen LogP) is 2.90. The van der Waals surface area contributed by atoms with Gasteiger partial charge in [0.05, 0.1) is 5.69 Å². The fraction of sp³-hybridized carbons (Fsp3) is 0.143. The summed E-state index contributed by atoms with van der Waals surface area (Å²) in [5.41, 5.74) is 6.09. The lowest BCUT2D eigenvalue weighted by Gasteiger charge is -2.21. The topological polar surface area (TPSA) is 49.5 Å². The summed E-state index contributed by atoms with van der Waals surface area (Å²) in [5, 5.41) is 9.40. The minimum Gasteiger partial charge on any atom is -0.508 e. The van der Waals surface area contributed by atoms with E-state index in [1.807, 2.05) is 0 Å². The molecule has 0 bridgehead atoms. The molecular formula is C14H14F2N2O. The lowest BCUT2D eigenvalue weighted by Crippen LogP contribution is -2.13. The summed E-state index contributed by atoms with van der Waals surface area (Å²) in [6, 6.07) is 9.20. The van der Waals surface area contributed by atoms with Crippen molar-refractivity contribution in [3.05, 3.63) is 53.6 Å². The number of benzene rings is 2. The van der Waals surface area contributed by atoms with Crippen LogP contribution in [0.5, 0.6) is 5.75 Å². The zero-order valence-corrected chi connectivity index (χ0v) is 10.4. The maximum absolute atomic E-state index is 14.0. The van der Waals surface area contributed by atoms with Gasteiger partial charge in [-0.15, -0.1) is 0 Å². The van der Waals surface area contributed by atoms with Gasteiger partial charge in [-0.1, -0.05) is 12.1 Å². The van der Waals surface area contributed by atoms with Gasteiger partial charge in [-0.3, -0.25) is 0 Å². The van der Waals surface area contributed by atoms with Crippen LogP contribution < -0.4 is 10.6 Å². The monoisotopic (exact) mass is 264 g/mol. The molecular weight excluding hydrogens is 250 g/mol. The Kier molecular flexibility index (Phi) is 3.66. The molecule has 0 aliphatic rings. The van der Waals surface area contributed by atoms with Crippen molar-refractivity contribution in [1.82, 2.24) is 0 Å². The van der Waals surface area contributed by atoms with Crippen LogP contribution in [0.2, 0.25) is 0 Å². The Labute approximate surface area is 109 Å². The molecule has 0 heterocycles. The van der Waals surface area contributed by atoms with Gasteiger partial charge < -0.3 is 15.7 Å². The molecule has 100 valence electrons. The molecule has 2 rings (SSSR count). The molecule has 2 aromatic rings. The predicted molar refractivity (Wildman–Crippen MR) is 70.4 cm³/mol. The lowest BCUT2D eigenvalue weighted by atomic mass is 10.1. The van der Waals surface area contributed by atoms with E-state index in [0.29, 0.717) is 5.69 Å². The number of rotatable bonds is 3. The largest absolute Gasteiger partial charge is 0.508 e. The Hall–Kier alpha value is -2.14. The molecule has 0 spiro atoms. The Morgan fingerprint density at radius 1 is 1.16 bits per heavy atom. The second-order valence-electron chi connectivity index (χ2n) is 4.15. The maximum Gasteiger partial charge on any atom is 0.182 e. The molecule has 19 heavy (non-hydrogen) atoms. The molecule has 0 amide bonds. The summed E-state index contributed by atoms with van der Waals surface area (Å²) >= 11 is 0. The first-order valence-corrected chi connectivity index (χ1v) is 5.74. The number of aromatic hydroxyl groups is 1. The number of hydrogen-bond donors (Lipinski definition) is 2. The van der Waals surface area contributed by atoms with E-state index in [-0.39, 0.29) is 23.5 Å². The van der Waals surface area contributed by atoms with E-state index in [1.54, 1.807) is 19.2 Å². The van der Waals surface area contributed by atoms with Crippen LogP contribution in [0, 0.1) is 11.6 Å². The molecule has 0 fully saturated rings. The number of anilines is 2. The van der Waals surface area contributed by atoms with E-state index in [2.05, 4.69) is 0 Å². The van der Waals surface area contributed by atoms with Gasteiger partial charge in [-0.2, -0.15) is 0 Å². The Morgan fingerprint density at radius 2 is 1.89 bits per heavy atom. The van der Waals surface area contributed by atoms with E-state index >= 15 is 0 Å². The maximum atomic E-state index is 14.0. The lowest BCUT2D eigenvalue weighted by molar-refractivity contribution is 0.475. The molecule has 0 radical (unpaired) electrons. The fourth-order valence-electron chi connectivity index (χ4n) is 1.84. The van der Waals surface area contributed by atoms with E-state index < -0.39 is 11.6 Å². The van der Waals surface area contributed by atoms with Crippen molar-refractivity contribution in [2.75, 3.05) is 11.9 Å². The van der Waals surface area contributed by atoms with Crippen LogP contribution in [0.3, 0.4) is 0 Å². The van der Waals surface area contributed by atoms with Crippen LogP contribution in [0.15, 0.2) is 36.4 Å². The number of phenols is 1. The highest BCUT2D eigenvalue weighted by atomic mass is 19.2. The minimum absolute atomic E-state index is 0.0567. The van der Waals surface area contributed by atoms with Gasteiger partial charge in [0.25, 0.3) is 0 Å². The SMILES string of the molecule is CN(c1cccc(O)c1)c1ccc(CN)c(F)c1F. The standard InChI is InChI=1S/C14H14F2N2O/c1-18(10-3-2-4-11(19)7-10)12-6-5-9(8-17)13(15)14(12)16/h2-7,19H,8,17H2,1H3. The molecule has 0 saturated heterocycles. The Morgan fingerprint density at radius 3 is 2.53 bits per heavy atom. The van der Waals surface area contributed by atoms with Gasteiger partial charge in [-0.05, 0) is 18.2 Å². The summed E-state index contributed by atoms with van der Waals surface area (Å²) < 4.78 is 27.6. The molecule has 3 nitrogen and oxygen atoms in total. The third-order valence-corrected chi connectivity index (χ3v) is 2.94. The van der Waals surface area contributed by atoms with Gasteiger partial charge in [0, 0.05) is 30.9 Å². The molecule has 0 aromatic heterocycles. The zero-order chi connectivity index (χ0) is 14.0. The van der Waals surface area contributed by atoms with Crippen molar-refractivity contribution in [1.29, 1.82) is 0 Å². The quantitative estimate of drug-likeness (QED) is 0.896. The van der Waals surface area contributed by atoms with Crippen LogP contribution in [0.1, 0.15) is 5.56 Å². The van der Waals surface area contributed by atoms with E-state index in [9.17, 15) is 13.9 Å². The number of hydrogen-bond acceptors (Lipinski definition) is 3. The molecule has 0 atom stereocenters. The molecule has 5 heteroatoms. The number of nitrogens with two attached hydrogens (primary N) is 1. The van der Waals surface area contributed by atoms with Crippen molar-refractivity contribution in [3.63, 3.8) is 0 Å². The molecule has 0 aliphatic heterocycles. The van der Waals surface area contributed by atoms with E-state index in [0.717, 1.165) is 0 Å². The van der Waals surface area contributed by atoms with Crippen LogP contribution >= 0.6 is 0 Å². The van der Waals surface area contributed by atoms with Crippen molar-refractivity contribution in [2.45, 2.75) is 6.54 Å². The first kappa shape index (κ1) is 13.3. The Bertz CT molecular complexity index is 602. The van der Waals surface area contributed by atoms with Gasteiger partial charge in [0.2, 0.25) is 0 Å². The summed E-state index contributed by atoms with van der Waals surface area (Å²) in [5.74, 6) is -1.83. The van der Waals surface area contributed by atoms with Crippen LogP contribution in [-0.4, -0.2) is 12.2 Å². The highest BCUT2D eigenvalue weighted by Crippen LogP contribution is 2.30. The van der Waals surface area contributed by atoms with Crippen LogP contribution in [0.4, 0.5) is 20.2 Å². The molecule has 2 aromatic carbocycles. The molecule has 0 saturated carbocycles. The van der Waals surface area contributed by atoms with Crippen LogP contribution in [0.25, 0.3) is 0 Å². The summed E-state index contributed by atoms with van der Waals surface area (Å²) in [4.78, 5) is 1.46. The third-order valence-electron chi connectivity index (χ3n) is 2.94. The van der Waals surface area contributed by atoms with Crippen molar-refractivity contribution < 1.29 is 13.9 Å². The third kappa shape index (κ3) is 2.51. The number of halogens is 2. The number of nitrogens with zero attached hydrogens (tertiary/aromatic N) is 1.